The monoisotopic (exact) mass is 606 g/mol. The number of Topliss-reactive ketones (excluding diaryl/α,β-unsaturated/α-hetero) is 1. The number of halogens is 1. The normalized spacial score (nSPS) is 20.0. The van der Waals surface area contributed by atoms with Gasteiger partial charge in [-0.15, -0.1) is 11.3 Å². The Morgan fingerprint density at radius 1 is 1.23 bits per heavy atom. The molecule has 2 aliphatic heterocycles. The molecule has 2 aromatic heterocycles. The van der Waals surface area contributed by atoms with Crippen molar-refractivity contribution in [1.29, 1.82) is 0 Å². The molecule has 1 aromatic carbocycles. The molecule has 2 aliphatic rings. The third-order valence-electron chi connectivity index (χ3n) is 7.36. The summed E-state index contributed by atoms with van der Waals surface area (Å²) in [7, 11) is -0.964. The Labute approximate surface area is 241 Å². The van der Waals surface area contributed by atoms with Gasteiger partial charge in [0.15, 0.2) is 15.8 Å². The number of fused-ring (bicyclic) bond motifs is 2. The van der Waals surface area contributed by atoms with Crippen LogP contribution in [0.3, 0.4) is 0 Å². The highest BCUT2D eigenvalue weighted by Gasteiger charge is 2.41. The molecule has 0 saturated carbocycles. The third kappa shape index (κ3) is 5.28. The zero-order chi connectivity index (χ0) is 28.9. The van der Waals surface area contributed by atoms with Gasteiger partial charge >= 0.3 is 0 Å². The molecule has 1 fully saturated rings. The van der Waals surface area contributed by atoms with Gasteiger partial charge in [0.05, 0.1) is 17.3 Å². The SMILES string of the molecule is CC(=O)c1c(S(=O)(=O)N2CCN(C(=O)c3nc4c(s3)CNC(C)C4)C(CC(=O)N(C)C)C2)[nH]c2ccc(Cl)cc12. The predicted octanol–water partition coefficient (Wildman–Crippen LogP) is 2.51. The van der Waals surface area contributed by atoms with Crippen LogP contribution in [0, 0.1) is 0 Å². The molecule has 11 nitrogen and oxygen atoms in total. The lowest BCUT2D eigenvalue weighted by atomic mass is 10.1. The summed E-state index contributed by atoms with van der Waals surface area (Å²) in [6.45, 7) is 3.98. The first-order chi connectivity index (χ1) is 18.9. The summed E-state index contributed by atoms with van der Waals surface area (Å²) in [6, 6.07) is 4.34. The molecule has 14 heteroatoms. The van der Waals surface area contributed by atoms with Crippen molar-refractivity contribution in [2.45, 2.75) is 50.3 Å². The Hall–Kier alpha value is -2.84. The lowest BCUT2D eigenvalue weighted by Crippen LogP contribution is -2.57. The van der Waals surface area contributed by atoms with Crippen molar-refractivity contribution >= 4 is 61.5 Å². The third-order valence-corrected chi connectivity index (χ3v) is 10.5. The molecule has 2 unspecified atom stereocenters. The van der Waals surface area contributed by atoms with E-state index in [1.807, 2.05) is 0 Å². The summed E-state index contributed by atoms with van der Waals surface area (Å²) in [4.78, 5) is 50.5. The summed E-state index contributed by atoms with van der Waals surface area (Å²) in [5.74, 6) is -0.967. The number of nitrogens with one attached hydrogen (secondary N) is 2. The molecule has 0 aliphatic carbocycles. The van der Waals surface area contributed by atoms with E-state index < -0.39 is 21.8 Å². The number of piperazine rings is 1. The maximum Gasteiger partial charge on any atom is 0.283 e. The quantitative estimate of drug-likeness (QED) is 0.412. The van der Waals surface area contributed by atoms with Crippen molar-refractivity contribution in [3.63, 3.8) is 0 Å². The van der Waals surface area contributed by atoms with Gasteiger partial charge < -0.3 is 20.1 Å². The van der Waals surface area contributed by atoms with E-state index in [-0.39, 0.29) is 54.5 Å². The number of carbonyl (C=O) groups is 3. The Morgan fingerprint density at radius 3 is 2.67 bits per heavy atom. The number of carbonyl (C=O) groups excluding carboxylic acids is 3. The molecule has 0 bridgehead atoms. The van der Waals surface area contributed by atoms with Gasteiger partial charge in [-0.1, -0.05) is 11.6 Å². The van der Waals surface area contributed by atoms with Crippen LogP contribution in [0.1, 0.15) is 51.0 Å². The minimum atomic E-state index is -4.19. The second-order valence-electron chi connectivity index (χ2n) is 10.5. The zero-order valence-electron chi connectivity index (χ0n) is 22.7. The fraction of sp³-hybridized carbons (Fsp3) is 0.462. The summed E-state index contributed by atoms with van der Waals surface area (Å²) in [5.41, 5.74) is 1.41. The van der Waals surface area contributed by atoms with Crippen LogP contribution in [0.5, 0.6) is 0 Å². The molecule has 40 heavy (non-hydrogen) atoms. The lowest BCUT2D eigenvalue weighted by Gasteiger charge is -2.40. The summed E-state index contributed by atoms with van der Waals surface area (Å²) in [5, 5.41) is 4.28. The Kier molecular flexibility index (Phi) is 7.79. The highest BCUT2D eigenvalue weighted by atomic mass is 35.5. The predicted molar refractivity (Wildman–Crippen MR) is 152 cm³/mol. The van der Waals surface area contributed by atoms with Crippen LogP contribution in [-0.4, -0.2) is 95.9 Å². The fourth-order valence-corrected chi connectivity index (χ4v) is 8.07. The number of aromatic amines is 1. The molecule has 0 spiro atoms. The second-order valence-corrected chi connectivity index (χ2v) is 13.9. The van der Waals surface area contributed by atoms with Crippen LogP contribution in [0.25, 0.3) is 10.9 Å². The van der Waals surface area contributed by atoms with E-state index in [0.29, 0.717) is 27.5 Å². The zero-order valence-corrected chi connectivity index (χ0v) is 25.0. The second kappa shape index (κ2) is 10.9. The number of hydrogen-bond donors (Lipinski definition) is 2. The van der Waals surface area contributed by atoms with Gasteiger partial charge in [0.2, 0.25) is 5.91 Å². The number of ketones is 1. The molecule has 5 rings (SSSR count). The van der Waals surface area contributed by atoms with Gasteiger partial charge in [-0.05, 0) is 32.0 Å². The number of thiazole rings is 1. The molecule has 3 aromatic rings. The largest absolute Gasteiger partial charge is 0.349 e. The van der Waals surface area contributed by atoms with Crippen molar-refractivity contribution in [2.24, 2.45) is 0 Å². The molecular weight excluding hydrogens is 576 g/mol. The maximum absolute atomic E-state index is 13.9. The number of H-pyrrole nitrogens is 1. The molecule has 0 radical (unpaired) electrons. The van der Waals surface area contributed by atoms with Crippen LogP contribution in [0.15, 0.2) is 23.2 Å². The lowest BCUT2D eigenvalue weighted by molar-refractivity contribution is -0.130. The minimum Gasteiger partial charge on any atom is -0.349 e. The first-order valence-electron chi connectivity index (χ1n) is 12.9. The van der Waals surface area contributed by atoms with Crippen molar-refractivity contribution in [3.8, 4) is 0 Å². The Balaban J connectivity index is 1.47. The van der Waals surface area contributed by atoms with Gasteiger partial charge in [-0.25, -0.2) is 13.4 Å². The number of nitrogens with zero attached hydrogens (tertiary/aromatic N) is 4. The van der Waals surface area contributed by atoms with Gasteiger partial charge in [-0.2, -0.15) is 4.31 Å². The van der Waals surface area contributed by atoms with Gasteiger partial charge in [0.1, 0.15) is 0 Å². The molecule has 2 amide bonds. The van der Waals surface area contributed by atoms with Crippen LogP contribution in [-0.2, 0) is 27.8 Å². The smallest absolute Gasteiger partial charge is 0.283 e. The number of sulfonamides is 1. The van der Waals surface area contributed by atoms with Crippen LogP contribution < -0.4 is 5.32 Å². The maximum atomic E-state index is 13.9. The van der Waals surface area contributed by atoms with Crippen LogP contribution in [0.4, 0.5) is 0 Å². The van der Waals surface area contributed by atoms with Crippen molar-refractivity contribution in [1.82, 2.24) is 29.4 Å². The summed E-state index contributed by atoms with van der Waals surface area (Å²) >= 11 is 7.46. The molecule has 4 heterocycles. The highest BCUT2D eigenvalue weighted by molar-refractivity contribution is 7.89. The minimum absolute atomic E-state index is 0.00211. The number of aromatic nitrogens is 2. The van der Waals surface area contributed by atoms with E-state index in [4.69, 9.17) is 11.6 Å². The van der Waals surface area contributed by atoms with Gasteiger partial charge in [0.25, 0.3) is 15.9 Å². The van der Waals surface area contributed by atoms with E-state index in [0.717, 1.165) is 17.0 Å². The van der Waals surface area contributed by atoms with E-state index >= 15 is 0 Å². The van der Waals surface area contributed by atoms with E-state index in [1.165, 1.54) is 27.5 Å². The van der Waals surface area contributed by atoms with Crippen molar-refractivity contribution < 1.29 is 22.8 Å². The summed E-state index contributed by atoms with van der Waals surface area (Å²) in [6.07, 6.45) is 0.665. The molecular formula is C26H31ClN6O5S2. The summed E-state index contributed by atoms with van der Waals surface area (Å²) < 4.78 is 29.1. The van der Waals surface area contributed by atoms with Crippen LogP contribution >= 0.6 is 22.9 Å². The standard InChI is InChI=1S/C26H31ClN6O5S2/c1-14-9-20-21(12-28-14)39-24(29-20)26(36)33-8-7-32(13-17(33)11-22(35)31(3)4)40(37,38)25-23(15(2)34)18-10-16(27)5-6-19(18)30-25/h5-6,10,14,17,28,30H,7-9,11-13H2,1-4H3. The molecule has 2 atom stereocenters. The molecule has 2 N–H and O–H groups in total. The van der Waals surface area contributed by atoms with E-state index in [2.05, 4.69) is 22.2 Å². The van der Waals surface area contributed by atoms with Gasteiger partial charge in [-0.3, -0.25) is 14.4 Å². The topological polar surface area (TPSA) is 136 Å². The van der Waals surface area contributed by atoms with Gasteiger partial charge in [0, 0.05) is 80.0 Å². The van der Waals surface area contributed by atoms with Crippen molar-refractivity contribution in [2.75, 3.05) is 33.7 Å². The van der Waals surface area contributed by atoms with E-state index in [1.54, 1.807) is 37.2 Å². The average Bonchev–Trinajstić information content (AvgIpc) is 3.49. The Morgan fingerprint density at radius 2 is 1.98 bits per heavy atom. The first-order valence-corrected chi connectivity index (χ1v) is 15.6. The molecule has 214 valence electrons. The number of amides is 2. The van der Waals surface area contributed by atoms with Crippen molar-refractivity contribution in [3.05, 3.63) is 44.4 Å². The van der Waals surface area contributed by atoms with E-state index in [9.17, 15) is 22.8 Å². The Bertz CT molecular complexity index is 1610. The fourth-order valence-electron chi connectivity index (χ4n) is 5.21. The molecule has 1 saturated heterocycles. The number of benzene rings is 1. The number of hydrogen-bond acceptors (Lipinski definition) is 8. The first kappa shape index (κ1) is 28.7. The average molecular weight is 607 g/mol. The number of rotatable bonds is 6. The highest BCUT2D eigenvalue weighted by Crippen LogP contribution is 2.32. The van der Waals surface area contributed by atoms with Crippen LogP contribution in [0.2, 0.25) is 5.02 Å².